The number of hydrogen-bond donors (Lipinski definition) is 1. The summed E-state index contributed by atoms with van der Waals surface area (Å²) in [5.41, 5.74) is 1.14. The minimum absolute atomic E-state index is 0.139. The van der Waals surface area contributed by atoms with Crippen molar-refractivity contribution in [2.45, 2.75) is 44.9 Å². The van der Waals surface area contributed by atoms with Gasteiger partial charge in [0.25, 0.3) is 0 Å². The Morgan fingerprint density at radius 1 is 1.26 bits per heavy atom. The van der Waals surface area contributed by atoms with E-state index in [4.69, 9.17) is 0 Å². The third-order valence-corrected chi connectivity index (χ3v) is 4.77. The van der Waals surface area contributed by atoms with Crippen LogP contribution in [0.4, 0.5) is 0 Å². The molecule has 120 valence electrons. The number of carbonyl (C=O) groups is 1. The number of nitrogens with zero attached hydrogens (tertiary/aromatic N) is 4. The molecule has 3 heterocycles. The molecule has 1 amide bonds. The number of aromatic nitrogens is 3. The van der Waals surface area contributed by atoms with Crippen molar-refractivity contribution in [1.82, 2.24) is 25.0 Å². The van der Waals surface area contributed by atoms with Gasteiger partial charge in [-0.05, 0) is 31.9 Å². The molecule has 1 N–H and O–H groups in total. The third kappa shape index (κ3) is 2.53. The van der Waals surface area contributed by atoms with Gasteiger partial charge in [0.2, 0.25) is 5.91 Å². The van der Waals surface area contributed by atoms with Crippen LogP contribution < -0.4 is 5.32 Å². The van der Waals surface area contributed by atoms with Gasteiger partial charge in [-0.15, -0.1) is 10.2 Å². The van der Waals surface area contributed by atoms with Gasteiger partial charge < -0.3 is 10.2 Å². The summed E-state index contributed by atoms with van der Waals surface area (Å²) >= 11 is 0. The van der Waals surface area contributed by atoms with Crippen molar-refractivity contribution >= 4 is 5.91 Å². The molecular formula is C17H21N5O. The monoisotopic (exact) mass is 311 g/mol. The van der Waals surface area contributed by atoms with Crippen LogP contribution in [0.5, 0.6) is 0 Å². The topological polar surface area (TPSA) is 63.1 Å². The number of nitrogens with one attached hydrogen (secondary N) is 1. The van der Waals surface area contributed by atoms with Crippen LogP contribution in [0.1, 0.15) is 49.1 Å². The summed E-state index contributed by atoms with van der Waals surface area (Å²) in [6.45, 7) is 4.10. The number of fused-ring (bicyclic) bond motifs is 1. The summed E-state index contributed by atoms with van der Waals surface area (Å²) in [5, 5.41) is 12.2. The lowest BCUT2D eigenvalue weighted by atomic mass is 10.1. The van der Waals surface area contributed by atoms with E-state index in [1.807, 2.05) is 46.7 Å². The van der Waals surface area contributed by atoms with Crippen LogP contribution in [0.25, 0.3) is 0 Å². The lowest BCUT2D eigenvalue weighted by molar-refractivity contribution is -0.137. The molecule has 0 radical (unpaired) electrons. The molecule has 23 heavy (non-hydrogen) atoms. The molecule has 0 aliphatic carbocycles. The van der Waals surface area contributed by atoms with Gasteiger partial charge in [0.1, 0.15) is 6.04 Å². The van der Waals surface area contributed by atoms with E-state index in [-0.39, 0.29) is 18.0 Å². The predicted molar refractivity (Wildman–Crippen MR) is 85.4 cm³/mol. The maximum atomic E-state index is 12.8. The van der Waals surface area contributed by atoms with Gasteiger partial charge in [-0.3, -0.25) is 9.36 Å². The zero-order valence-electron chi connectivity index (χ0n) is 13.3. The van der Waals surface area contributed by atoms with Crippen molar-refractivity contribution in [1.29, 1.82) is 0 Å². The first-order chi connectivity index (χ1) is 11.2. The molecule has 2 atom stereocenters. The Labute approximate surface area is 135 Å². The van der Waals surface area contributed by atoms with Crippen LogP contribution in [0, 0.1) is 0 Å². The average molecular weight is 311 g/mol. The highest BCUT2D eigenvalue weighted by molar-refractivity contribution is 5.81. The van der Waals surface area contributed by atoms with Crippen molar-refractivity contribution in [3.05, 3.63) is 47.5 Å². The lowest BCUT2D eigenvalue weighted by Gasteiger charge is -2.32. The quantitative estimate of drug-likeness (QED) is 0.939. The first-order valence-electron chi connectivity index (χ1n) is 8.24. The Hall–Kier alpha value is -2.21. The molecule has 0 saturated carbocycles. The molecule has 0 bridgehead atoms. The maximum absolute atomic E-state index is 12.8. The maximum Gasteiger partial charge on any atom is 0.246 e. The molecule has 6 heteroatoms. The zero-order valence-corrected chi connectivity index (χ0v) is 13.3. The number of rotatable bonds is 3. The van der Waals surface area contributed by atoms with Crippen molar-refractivity contribution in [2.75, 3.05) is 6.54 Å². The van der Waals surface area contributed by atoms with Crippen molar-refractivity contribution in [2.24, 2.45) is 0 Å². The molecule has 1 saturated heterocycles. The summed E-state index contributed by atoms with van der Waals surface area (Å²) < 4.78 is 2.03. The Balaban J connectivity index is 1.61. The van der Waals surface area contributed by atoms with Gasteiger partial charge in [-0.2, -0.15) is 0 Å². The van der Waals surface area contributed by atoms with E-state index in [1.54, 1.807) is 0 Å². The van der Waals surface area contributed by atoms with Crippen molar-refractivity contribution in [3.63, 3.8) is 0 Å². The minimum atomic E-state index is -0.241. The van der Waals surface area contributed by atoms with Crippen LogP contribution in [-0.2, 0) is 17.9 Å². The van der Waals surface area contributed by atoms with E-state index in [1.165, 1.54) is 0 Å². The van der Waals surface area contributed by atoms with Crippen LogP contribution in [0.3, 0.4) is 0 Å². The first kappa shape index (κ1) is 14.4. The molecule has 0 spiro atoms. The summed E-state index contributed by atoms with van der Waals surface area (Å²) in [5.74, 6) is 1.94. The predicted octanol–water partition coefficient (Wildman–Crippen LogP) is 1.81. The normalized spacial score (nSPS) is 24.0. The summed E-state index contributed by atoms with van der Waals surface area (Å²) in [6.07, 6.45) is 2.21. The zero-order chi connectivity index (χ0) is 15.8. The number of benzene rings is 1. The van der Waals surface area contributed by atoms with Gasteiger partial charge in [0, 0.05) is 6.54 Å². The van der Waals surface area contributed by atoms with Gasteiger partial charge in [0.05, 0.1) is 12.6 Å². The van der Waals surface area contributed by atoms with Crippen LogP contribution in [0.15, 0.2) is 30.3 Å². The standard InChI is InChI=1S/C17H21N5O/c1-12-17(23)21(10-13-6-3-2-4-7-13)11-15-19-20-16(22(12)15)14-8-5-9-18-14/h2-4,6-7,12,14,18H,5,8-11H2,1H3/t12-,14+/m1/s1. The van der Waals surface area contributed by atoms with Gasteiger partial charge in [-0.25, -0.2) is 0 Å². The Bertz CT molecular complexity index is 705. The molecule has 2 aliphatic heterocycles. The molecule has 1 fully saturated rings. The first-order valence-corrected chi connectivity index (χ1v) is 8.24. The Morgan fingerprint density at radius 3 is 2.83 bits per heavy atom. The molecule has 1 aromatic heterocycles. The van der Waals surface area contributed by atoms with E-state index >= 15 is 0 Å². The fourth-order valence-electron chi connectivity index (χ4n) is 3.57. The fourth-order valence-corrected chi connectivity index (χ4v) is 3.57. The highest BCUT2D eigenvalue weighted by Crippen LogP contribution is 2.29. The smallest absolute Gasteiger partial charge is 0.246 e. The van der Waals surface area contributed by atoms with E-state index in [9.17, 15) is 4.79 Å². The van der Waals surface area contributed by atoms with E-state index in [0.29, 0.717) is 13.1 Å². The molecular weight excluding hydrogens is 290 g/mol. The number of amides is 1. The minimum Gasteiger partial charge on any atom is -0.329 e. The SMILES string of the molecule is C[C@@H]1C(=O)N(Cc2ccccc2)Cc2nnc([C@@H]3CCCN3)n21. The molecule has 2 aromatic rings. The van der Waals surface area contributed by atoms with E-state index < -0.39 is 0 Å². The van der Waals surface area contributed by atoms with Gasteiger partial charge in [0.15, 0.2) is 11.6 Å². The molecule has 1 aromatic carbocycles. The summed E-state index contributed by atoms with van der Waals surface area (Å²) in [4.78, 5) is 14.7. The third-order valence-electron chi connectivity index (χ3n) is 4.77. The second-order valence-corrected chi connectivity index (χ2v) is 6.35. The van der Waals surface area contributed by atoms with Crippen LogP contribution in [-0.4, -0.2) is 32.1 Å². The molecule has 2 aliphatic rings. The fraction of sp³-hybridized carbons (Fsp3) is 0.471. The van der Waals surface area contributed by atoms with Gasteiger partial charge in [-0.1, -0.05) is 30.3 Å². The number of carbonyl (C=O) groups excluding carboxylic acids is 1. The molecule has 4 rings (SSSR count). The largest absolute Gasteiger partial charge is 0.329 e. The summed E-state index contributed by atoms with van der Waals surface area (Å²) in [7, 11) is 0. The molecule has 6 nitrogen and oxygen atoms in total. The van der Waals surface area contributed by atoms with Gasteiger partial charge >= 0.3 is 0 Å². The molecule has 0 unspecified atom stereocenters. The highest BCUT2D eigenvalue weighted by Gasteiger charge is 2.35. The Kier molecular flexibility index (Phi) is 3.61. The second-order valence-electron chi connectivity index (χ2n) is 6.35. The van der Waals surface area contributed by atoms with E-state index in [2.05, 4.69) is 15.5 Å². The van der Waals surface area contributed by atoms with E-state index in [0.717, 1.165) is 36.6 Å². The van der Waals surface area contributed by atoms with Crippen molar-refractivity contribution in [3.8, 4) is 0 Å². The average Bonchev–Trinajstić information content (AvgIpc) is 3.22. The van der Waals surface area contributed by atoms with Crippen LogP contribution in [0.2, 0.25) is 0 Å². The second kappa shape index (κ2) is 5.77. The number of hydrogen-bond acceptors (Lipinski definition) is 4. The summed E-state index contributed by atoms with van der Waals surface area (Å²) in [6, 6.07) is 10.1. The lowest BCUT2D eigenvalue weighted by Crippen LogP contribution is -2.42. The van der Waals surface area contributed by atoms with Crippen LogP contribution >= 0.6 is 0 Å². The van der Waals surface area contributed by atoms with Crippen molar-refractivity contribution < 1.29 is 4.79 Å². The Morgan fingerprint density at radius 2 is 2.09 bits per heavy atom. The highest BCUT2D eigenvalue weighted by atomic mass is 16.2.